The van der Waals surface area contributed by atoms with Gasteiger partial charge in [-0.3, -0.25) is 9.59 Å². The maximum Gasteiger partial charge on any atom is 0.251 e. The van der Waals surface area contributed by atoms with Crippen LogP contribution in [0.3, 0.4) is 0 Å². The summed E-state index contributed by atoms with van der Waals surface area (Å²) in [5.41, 5.74) is 2.88. The van der Waals surface area contributed by atoms with E-state index >= 15 is 0 Å². The highest BCUT2D eigenvalue weighted by Crippen LogP contribution is 2.29. The first kappa shape index (κ1) is 28.9. The summed E-state index contributed by atoms with van der Waals surface area (Å²) < 4.78 is 32.6. The van der Waals surface area contributed by atoms with Crippen LogP contribution >= 0.6 is 0 Å². The summed E-state index contributed by atoms with van der Waals surface area (Å²) >= 11 is 0. The Hall–Kier alpha value is -4.10. The topological polar surface area (TPSA) is 58.6 Å². The van der Waals surface area contributed by atoms with Crippen molar-refractivity contribution in [3.05, 3.63) is 112 Å². The number of nitrogens with zero attached hydrogens (tertiary/aromatic N) is 1. The third-order valence-corrected chi connectivity index (χ3v) is 6.96. The van der Waals surface area contributed by atoms with Crippen LogP contribution in [0.1, 0.15) is 48.2 Å². The highest BCUT2D eigenvalue weighted by atomic mass is 19.1. The van der Waals surface area contributed by atoms with Gasteiger partial charge >= 0.3 is 0 Å². The Balaban J connectivity index is 1.49. The second-order valence-corrected chi connectivity index (χ2v) is 9.75. The molecule has 1 amide bonds. The zero-order valence-corrected chi connectivity index (χ0v) is 22.8. The van der Waals surface area contributed by atoms with Gasteiger partial charge in [-0.1, -0.05) is 38.1 Å². The lowest BCUT2D eigenvalue weighted by Gasteiger charge is -2.27. The van der Waals surface area contributed by atoms with Crippen molar-refractivity contribution in [2.24, 2.45) is 0 Å². The number of hydrogen-bond acceptors (Lipinski definition) is 4. The molecule has 0 bridgehead atoms. The summed E-state index contributed by atoms with van der Waals surface area (Å²) in [6.45, 7) is 7.55. The molecule has 7 heteroatoms. The molecule has 3 aromatic carbocycles. The maximum absolute atomic E-state index is 13.4. The van der Waals surface area contributed by atoms with Gasteiger partial charge in [-0.15, -0.1) is 0 Å². The number of carbonyl (C=O) groups excluding carboxylic acids is 2. The number of likely N-dealkylation sites (N-methyl/N-ethyl adjacent to an activating group) is 1. The number of carbonyl (C=O) groups is 2. The molecule has 1 N–H and O–H groups in total. The Morgan fingerprint density at radius 2 is 1.35 bits per heavy atom. The molecule has 1 aliphatic carbocycles. The van der Waals surface area contributed by atoms with Crippen LogP contribution in [0.4, 0.5) is 8.78 Å². The first-order valence-corrected chi connectivity index (χ1v) is 13.6. The fraction of sp³-hybridized carbons (Fsp3) is 0.273. The Morgan fingerprint density at radius 1 is 0.850 bits per heavy atom. The number of amides is 1. The van der Waals surface area contributed by atoms with E-state index in [0.29, 0.717) is 53.0 Å². The lowest BCUT2D eigenvalue weighted by atomic mass is 9.83. The minimum atomic E-state index is -0.362. The molecule has 0 aliphatic heterocycles. The van der Waals surface area contributed by atoms with Crippen LogP contribution in [0, 0.1) is 11.6 Å². The molecule has 0 atom stereocenters. The summed E-state index contributed by atoms with van der Waals surface area (Å²) in [6.07, 6.45) is 4.11. The fourth-order valence-corrected chi connectivity index (χ4v) is 4.67. The van der Waals surface area contributed by atoms with Crippen LogP contribution < -0.4 is 10.1 Å². The van der Waals surface area contributed by atoms with E-state index in [9.17, 15) is 18.4 Å². The SMILES string of the molecule is CCN(CC)CCOc1ccc(C(=O)NC2C/C(=C\c3ccc(F)cc3)C(=O)/C(=C/c3ccc(F)cc3)C2)cc1. The van der Waals surface area contributed by atoms with Crippen molar-refractivity contribution < 1.29 is 23.1 Å². The predicted molar refractivity (Wildman–Crippen MR) is 154 cm³/mol. The highest BCUT2D eigenvalue weighted by Gasteiger charge is 2.29. The van der Waals surface area contributed by atoms with Crippen molar-refractivity contribution in [2.45, 2.75) is 32.7 Å². The number of ether oxygens (including phenoxy) is 1. The zero-order chi connectivity index (χ0) is 28.5. The van der Waals surface area contributed by atoms with E-state index < -0.39 is 0 Å². The van der Waals surface area contributed by atoms with Gasteiger partial charge in [0, 0.05) is 29.3 Å². The van der Waals surface area contributed by atoms with Gasteiger partial charge in [0.2, 0.25) is 0 Å². The second-order valence-electron chi connectivity index (χ2n) is 9.75. The number of benzene rings is 3. The Bertz CT molecular complexity index is 1290. The normalized spacial score (nSPS) is 17.4. The number of Topliss-reactive ketones (excluding diaryl/α,β-unsaturated/α-hetero) is 1. The fourth-order valence-electron chi connectivity index (χ4n) is 4.67. The largest absolute Gasteiger partial charge is 0.492 e. The Kier molecular flexibility index (Phi) is 9.97. The van der Waals surface area contributed by atoms with Crippen molar-refractivity contribution in [1.82, 2.24) is 10.2 Å². The summed E-state index contributed by atoms with van der Waals surface area (Å²) in [6, 6.07) is 18.4. The molecule has 40 heavy (non-hydrogen) atoms. The van der Waals surface area contributed by atoms with Gasteiger partial charge in [-0.2, -0.15) is 0 Å². The molecule has 0 unspecified atom stereocenters. The van der Waals surface area contributed by atoms with Crippen LogP contribution in [0.2, 0.25) is 0 Å². The van der Waals surface area contributed by atoms with Gasteiger partial charge in [0.1, 0.15) is 24.0 Å². The highest BCUT2D eigenvalue weighted by molar-refractivity contribution is 6.14. The molecular weight excluding hydrogens is 510 g/mol. The number of hydrogen-bond donors (Lipinski definition) is 1. The van der Waals surface area contributed by atoms with E-state index in [0.717, 1.165) is 19.6 Å². The average molecular weight is 545 g/mol. The smallest absolute Gasteiger partial charge is 0.251 e. The van der Waals surface area contributed by atoms with Gasteiger partial charge in [-0.05, 0) is 97.7 Å². The molecule has 3 aromatic rings. The predicted octanol–water partition coefficient (Wildman–Crippen LogP) is 6.31. The number of nitrogens with one attached hydrogen (secondary N) is 1. The molecule has 0 spiro atoms. The van der Waals surface area contributed by atoms with Crippen LogP contribution in [-0.4, -0.2) is 48.9 Å². The van der Waals surface area contributed by atoms with Gasteiger partial charge in [0.25, 0.3) is 5.91 Å². The number of ketones is 1. The summed E-state index contributed by atoms with van der Waals surface area (Å²) in [7, 11) is 0. The molecule has 208 valence electrons. The van der Waals surface area contributed by atoms with Crippen LogP contribution in [0.5, 0.6) is 5.75 Å². The van der Waals surface area contributed by atoms with Gasteiger partial charge < -0.3 is 15.0 Å². The van der Waals surface area contributed by atoms with Crippen molar-refractivity contribution in [3.8, 4) is 5.75 Å². The molecule has 0 radical (unpaired) electrons. The van der Waals surface area contributed by atoms with E-state index in [4.69, 9.17) is 4.74 Å². The third-order valence-electron chi connectivity index (χ3n) is 6.96. The van der Waals surface area contributed by atoms with E-state index in [1.165, 1.54) is 24.3 Å². The van der Waals surface area contributed by atoms with Crippen LogP contribution in [0.25, 0.3) is 12.2 Å². The lowest BCUT2D eigenvalue weighted by Crippen LogP contribution is -2.39. The second kappa shape index (κ2) is 13.8. The van der Waals surface area contributed by atoms with E-state index in [1.54, 1.807) is 60.7 Å². The summed E-state index contributed by atoms with van der Waals surface area (Å²) in [5.74, 6) is -0.429. The van der Waals surface area contributed by atoms with Crippen LogP contribution in [0.15, 0.2) is 83.9 Å². The monoisotopic (exact) mass is 544 g/mol. The van der Waals surface area contributed by atoms with Crippen LogP contribution in [-0.2, 0) is 4.79 Å². The molecule has 1 aliphatic rings. The minimum Gasteiger partial charge on any atom is -0.492 e. The lowest BCUT2D eigenvalue weighted by molar-refractivity contribution is -0.113. The summed E-state index contributed by atoms with van der Waals surface area (Å²) in [5, 5.41) is 3.06. The first-order valence-electron chi connectivity index (χ1n) is 13.6. The third kappa shape index (κ3) is 7.96. The minimum absolute atomic E-state index is 0.148. The quantitative estimate of drug-likeness (QED) is 0.304. The Labute approximate surface area is 234 Å². The van der Waals surface area contributed by atoms with Gasteiger partial charge in [-0.25, -0.2) is 8.78 Å². The molecule has 1 saturated carbocycles. The molecule has 1 fully saturated rings. The van der Waals surface area contributed by atoms with Crippen molar-refractivity contribution >= 4 is 23.8 Å². The number of rotatable bonds is 10. The molecule has 0 saturated heterocycles. The number of halogens is 2. The first-order chi connectivity index (χ1) is 19.3. The molecule has 5 nitrogen and oxygen atoms in total. The molecule has 0 heterocycles. The van der Waals surface area contributed by atoms with E-state index in [2.05, 4.69) is 24.1 Å². The van der Waals surface area contributed by atoms with Crippen molar-refractivity contribution in [2.75, 3.05) is 26.2 Å². The van der Waals surface area contributed by atoms with Crippen molar-refractivity contribution in [3.63, 3.8) is 0 Å². The molecule has 0 aromatic heterocycles. The molecule has 4 rings (SSSR count). The average Bonchev–Trinajstić information content (AvgIpc) is 2.96. The van der Waals surface area contributed by atoms with E-state index in [1.807, 2.05) is 0 Å². The molecular formula is C33H34F2N2O3. The summed E-state index contributed by atoms with van der Waals surface area (Å²) in [4.78, 5) is 28.8. The van der Waals surface area contributed by atoms with E-state index in [-0.39, 0.29) is 29.4 Å². The standard InChI is InChI=1S/C33H34F2N2O3/c1-3-37(4-2)17-18-40-31-15-9-25(10-16-31)33(39)36-30-21-26(19-23-5-11-28(34)12-6-23)32(38)27(22-30)20-24-7-13-29(35)14-8-24/h5-16,19-20,30H,3-4,17-18,21-22H2,1-2H3,(H,36,39)/b26-19+,27-20+. The maximum atomic E-state index is 13.4. The van der Waals surface area contributed by atoms with Gasteiger partial charge in [0.05, 0.1) is 0 Å². The van der Waals surface area contributed by atoms with Crippen molar-refractivity contribution in [1.29, 1.82) is 0 Å². The zero-order valence-electron chi connectivity index (χ0n) is 22.8. The Morgan fingerprint density at radius 3 is 1.82 bits per heavy atom. The van der Waals surface area contributed by atoms with Gasteiger partial charge in [0.15, 0.2) is 5.78 Å².